The molecule has 0 aliphatic carbocycles. The number of hydrogen-bond acceptors (Lipinski definition) is 5. The van der Waals surface area contributed by atoms with Crippen molar-refractivity contribution < 1.29 is 45.3 Å². The Labute approximate surface area is 196 Å². The second-order valence-electron chi connectivity index (χ2n) is 6.49. The molecule has 1 N–H and O–H groups in total. The van der Waals surface area contributed by atoms with Gasteiger partial charge in [0.2, 0.25) is 5.88 Å². The third kappa shape index (κ3) is 7.83. The molecule has 0 spiro atoms. The van der Waals surface area contributed by atoms with Gasteiger partial charge in [0.15, 0.2) is 0 Å². The van der Waals surface area contributed by atoms with Gasteiger partial charge in [-0.3, -0.25) is 4.79 Å². The van der Waals surface area contributed by atoms with E-state index in [9.17, 15) is 31.1 Å². The van der Waals surface area contributed by atoms with Crippen molar-refractivity contribution in [2.45, 2.75) is 19.3 Å². The maximum absolute atomic E-state index is 12.6. The molecule has 34 heavy (non-hydrogen) atoms. The summed E-state index contributed by atoms with van der Waals surface area (Å²) in [4.78, 5) is 16.2. The summed E-state index contributed by atoms with van der Waals surface area (Å²) in [6.07, 6.45) is -8.63. The number of hydrogen-bond donors (Lipinski definition) is 1. The molecule has 3 aromatic rings. The molecule has 0 aliphatic rings. The van der Waals surface area contributed by atoms with E-state index in [1.807, 2.05) is 0 Å². The number of nitrogens with one attached hydrogen (secondary N) is 1. The number of halogens is 7. The van der Waals surface area contributed by atoms with E-state index in [-0.39, 0.29) is 29.3 Å². The molecule has 0 aliphatic heterocycles. The third-order valence-electron chi connectivity index (χ3n) is 3.95. The van der Waals surface area contributed by atoms with Crippen molar-refractivity contribution >= 4 is 21.8 Å². The van der Waals surface area contributed by atoms with Gasteiger partial charge in [0.05, 0.1) is 5.56 Å². The van der Waals surface area contributed by atoms with Crippen LogP contribution in [0.1, 0.15) is 15.9 Å². The normalized spacial score (nSPS) is 11.6. The largest absolute Gasteiger partial charge is 0.573 e. The van der Waals surface area contributed by atoms with Gasteiger partial charge in [-0.1, -0.05) is 28.1 Å². The van der Waals surface area contributed by atoms with Crippen molar-refractivity contribution in [3.63, 3.8) is 0 Å². The van der Waals surface area contributed by atoms with E-state index in [4.69, 9.17) is 4.74 Å². The zero-order valence-electron chi connectivity index (χ0n) is 16.7. The number of nitrogens with zero attached hydrogens (tertiary/aromatic N) is 1. The van der Waals surface area contributed by atoms with Crippen LogP contribution in [0.15, 0.2) is 65.3 Å². The van der Waals surface area contributed by atoms with E-state index in [1.165, 1.54) is 36.4 Å². The smallest absolute Gasteiger partial charge is 0.439 e. The average Bonchev–Trinajstić information content (AvgIpc) is 2.71. The van der Waals surface area contributed by atoms with E-state index in [0.29, 0.717) is 4.47 Å². The number of carbonyl (C=O) groups is 1. The van der Waals surface area contributed by atoms with Gasteiger partial charge < -0.3 is 19.5 Å². The molecule has 3 rings (SSSR count). The molecular formula is C21H13BrF6N2O4. The maximum Gasteiger partial charge on any atom is 0.573 e. The zero-order valence-corrected chi connectivity index (χ0v) is 18.3. The van der Waals surface area contributed by atoms with Gasteiger partial charge in [0.1, 0.15) is 17.2 Å². The number of amides is 1. The number of rotatable bonds is 7. The van der Waals surface area contributed by atoms with Gasteiger partial charge in [-0.05, 0) is 30.3 Å². The second-order valence-corrected chi connectivity index (χ2v) is 7.41. The highest BCUT2D eigenvalue weighted by Crippen LogP contribution is 2.30. The summed E-state index contributed by atoms with van der Waals surface area (Å²) in [6, 6.07) is 11.4. The topological polar surface area (TPSA) is 69.7 Å². The molecule has 1 heterocycles. The Bertz CT molecular complexity index is 1150. The molecule has 1 aromatic heterocycles. The Morgan fingerprint density at radius 3 is 2.26 bits per heavy atom. The van der Waals surface area contributed by atoms with Gasteiger partial charge in [-0.15, -0.1) is 26.3 Å². The lowest BCUT2D eigenvalue weighted by Crippen LogP contribution is -2.24. The third-order valence-corrected chi connectivity index (χ3v) is 4.45. The zero-order chi connectivity index (χ0) is 24.9. The van der Waals surface area contributed by atoms with E-state index < -0.39 is 30.1 Å². The highest BCUT2D eigenvalue weighted by molar-refractivity contribution is 9.10. The van der Waals surface area contributed by atoms with Crippen LogP contribution in [-0.4, -0.2) is 23.6 Å². The molecule has 0 bridgehead atoms. The summed E-state index contributed by atoms with van der Waals surface area (Å²) in [7, 11) is 0. The van der Waals surface area contributed by atoms with Gasteiger partial charge in [0, 0.05) is 34.9 Å². The maximum atomic E-state index is 12.6. The SMILES string of the molecule is O=C(NCc1ccc(Br)cc1OC(F)(F)F)c1ccc(Oc2cccc(OC(F)(F)F)c2)nc1. The molecule has 2 aromatic carbocycles. The van der Waals surface area contributed by atoms with Crippen molar-refractivity contribution in [3.05, 3.63) is 76.4 Å². The van der Waals surface area contributed by atoms with Crippen molar-refractivity contribution in [1.82, 2.24) is 10.3 Å². The van der Waals surface area contributed by atoms with E-state index in [0.717, 1.165) is 24.4 Å². The predicted molar refractivity (Wildman–Crippen MR) is 109 cm³/mol. The minimum atomic E-state index is -4.91. The summed E-state index contributed by atoms with van der Waals surface area (Å²) in [5.74, 6) is -1.60. The predicted octanol–water partition coefficient (Wildman–Crippen LogP) is 6.36. The highest BCUT2D eigenvalue weighted by Gasteiger charge is 2.32. The molecule has 1 amide bonds. The van der Waals surface area contributed by atoms with Crippen LogP contribution in [0.25, 0.3) is 0 Å². The number of pyridine rings is 1. The average molecular weight is 551 g/mol. The first-order valence-corrected chi connectivity index (χ1v) is 9.99. The standard InChI is InChI=1S/C21H13BrF6N2O4/c22-14-6-4-12(17(8-14)34-21(26,27)28)10-30-19(31)13-5-7-18(29-11-13)32-15-2-1-3-16(9-15)33-20(23,24)25/h1-9,11H,10H2,(H,30,31). The van der Waals surface area contributed by atoms with E-state index in [2.05, 4.69) is 35.7 Å². The van der Waals surface area contributed by atoms with Crippen LogP contribution in [0.4, 0.5) is 26.3 Å². The molecule has 0 unspecified atom stereocenters. The number of carbonyl (C=O) groups excluding carboxylic acids is 1. The van der Waals surface area contributed by atoms with E-state index >= 15 is 0 Å². The molecule has 6 nitrogen and oxygen atoms in total. The fraction of sp³-hybridized carbons (Fsp3) is 0.143. The second kappa shape index (κ2) is 10.2. The summed E-state index contributed by atoms with van der Waals surface area (Å²) >= 11 is 3.06. The Hall–Kier alpha value is -3.48. The number of aromatic nitrogens is 1. The van der Waals surface area contributed by atoms with Crippen LogP contribution in [-0.2, 0) is 6.54 Å². The van der Waals surface area contributed by atoms with Crippen LogP contribution in [0.5, 0.6) is 23.1 Å². The van der Waals surface area contributed by atoms with Crippen molar-refractivity contribution in [3.8, 4) is 23.1 Å². The molecule has 0 radical (unpaired) electrons. The lowest BCUT2D eigenvalue weighted by molar-refractivity contribution is -0.275. The van der Waals surface area contributed by atoms with Crippen molar-refractivity contribution in [2.75, 3.05) is 0 Å². The van der Waals surface area contributed by atoms with Crippen molar-refractivity contribution in [1.29, 1.82) is 0 Å². The lowest BCUT2D eigenvalue weighted by atomic mass is 10.2. The summed E-state index contributed by atoms with van der Waals surface area (Å²) < 4.78 is 88.3. The number of ether oxygens (including phenoxy) is 3. The monoisotopic (exact) mass is 550 g/mol. The molecular weight excluding hydrogens is 538 g/mol. The van der Waals surface area contributed by atoms with Gasteiger partial charge in [-0.2, -0.15) is 0 Å². The minimum Gasteiger partial charge on any atom is -0.439 e. The van der Waals surface area contributed by atoms with Crippen molar-refractivity contribution in [2.24, 2.45) is 0 Å². The first-order valence-electron chi connectivity index (χ1n) is 9.20. The van der Waals surface area contributed by atoms with Crippen LogP contribution in [0.3, 0.4) is 0 Å². The Balaban J connectivity index is 1.63. The van der Waals surface area contributed by atoms with Gasteiger partial charge >= 0.3 is 12.7 Å². The molecule has 0 saturated carbocycles. The fourth-order valence-corrected chi connectivity index (χ4v) is 2.94. The van der Waals surface area contributed by atoms with Crippen LogP contribution in [0.2, 0.25) is 0 Å². The molecule has 0 saturated heterocycles. The Morgan fingerprint density at radius 2 is 1.62 bits per heavy atom. The molecule has 0 fully saturated rings. The fourth-order valence-electron chi connectivity index (χ4n) is 2.60. The molecule has 13 heteroatoms. The van der Waals surface area contributed by atoms with Crippen LogP contribution >= 0.6 is 15.9 Å². The van der Waals surface area contributed by atoms with Crippen LogP contribution in [0, 0.1) is 0 Å². The summed E-state index contributed by atoms with van der Waals surface area (Å²) in [5, 5.41) is 2.45. The summed E-state index contributed by atoms with van der Waals surface area (Å²) in [6.45, 7) is -0.262. The molecule has 180 valence electrons. The quantitative estimate of drug-likeness (QED) is 0.346. The Morgan fingerprint density at radius 1 is 0.912 bits per heavy atom. The van der Waals surface area contributed by atoms with E-state index in [1.54, 1.807) is 0 Å². The number of benzene rings is 2. The van der Waals surface area contributed by atoms with Crippen LogP contribution < -0.4 is 19.5 Å². The lowest BCUT2D eigenvalue weighted by Gasteiger charge is -2.14. The molecule has 0 atom stereocenters. The minimum absolute atomic E-state index is 0.0129. The first-order chi connectivity index (χ1) is 15.9. The van der Waals surface area contributed by atoms with Gasteiger partial charge in [-0.25, -0.2) is 4.98 Å². The number of alkyl halides is 6. The first kappa shape index (κ1) is 25.1. The van der Waals surface area contributed by atoms with Gasteiger partial charge in [0.25, 0.3) is 5.91 Å². The Kier molecular flexibility index (Phi) is 7.54. The highest BCUT2D eigenvalue weighted by atomic mass is 79.9. The summed E-state index contributed by atoms with van der Waals surface area (Å²) in [5.41, 5.74) is 0.152.